The van der Waals surface area contributed by atoms with Crippen molar-refractivity contribution in [1.82, 2.24) is 4.57 Å². The minimum absolute atomic E-state index is 0.0114. The molecule has 0 bridgehead atoms. The van der Waals surface area contributed by atoms with Crippen LogP contribution in [-0.4, -0.2) is 22.2 Å². The van der Waals surface area contributed by atoms with Gasteiger partial charge >= 0.3 is 5.97 Å². The highest BCUT2D eigenvalue weighted by Crippen LogP contribution is 2.13. The number of aliphatic carboxylic acids is 1. The van der Waals surface area contributed by atoms with Crippen LogP contribution in [0.15, 0.2) is 24.5 Å². The number of carbonyl (C=O) groups is 1. The Bertz CT molecular complexity index is 256. The van der Waals surface area contributed by atoms with Crippen LogP contribution < -0.4 is 0 Å². The lowest BCUT2D eigenvalue weighted by atomic mass is 10.4. The molecule has 0 spiro atoms. The van der Waals surface area contributed by atoms with Crippen molar-refractivity contribution in [2.24, 2.45) is 0 Å². The molecule has 0 amide bonds. The fraction of sp³-hybridized carbons (Fsp3) is 0.444. The van der Waals surface area contributed by atoms with Gasteiger partial charge in [0.25, 0.3) is 0 Å². The molecule has 0 aliphatic carbocycles. The lowest BCUT2D eigenvalue weighted by Crippen LogP contribution is -2.15. The first kappa shape index (κ1) is 9.80. The molecule has 4 nitrogen and oxygen atoms in total. The molecule has 1 rings (SSSR count). The normalized spacial score (nSPS) is 12.7. The quantitative estimate of drug-likeness (QED) is 0.752. The summed E-state index contributed by atoms with van der Waals surface area (Å²) in [6, 6.07) is 3.68. The van der Waals surface area contributed by atoms with Crippen LogP contribution in [0.5, 0.6) is 0 Å². The minimum atomic E-state index is -0.854. The van der Waals surface area contributed by atoms with Crippen LogP contribution in [0, 0.1) is 0 Å². The number of carboxylic acids is 1. The van der Waals surface area contributed by atoms with E-state index in [-0.39, 0.29) is 6.42 Å². The number of hydrogen-bond donors (Lipinski definition) is 1. The van der Waals surface area contributed by atoms with E-state index in [1.165, 1.54) is 0 Å². The average molecular weight is 183 g/mol. The second kappa shape index (κ2) is 4.67. The molecular formula is C9H13NO3. The average Bonchev–Trinajstić information content (AvgIpc) is 2.54. The summed E-state index contributed by atoms with van der Waals surface area (Å²) in [6.45, 7) is 2.36. The van der Waals surface area contributed by atoms with Gasteiger partial charge in [0.05, 0.1) is 6.42 Å². The molecule has 13 heavy (non-hydrogen) atoms. The fourth-order valence-corrected chi connectivity index (χ4v) is 1.13. The van der Waals surface area contributed by atoms with Gasteiger partial charge in [0.15, 0.2) is 0 Å². The second-order valence-electron chi connectivity index (χ2n) is 2.64. The molecular weight excluding hydrogens is 170 g/mol. The summed E-state index contributed by atoms with van der Waals surface area (Å²) in [4.78, 5) is 10.5. The third-order valence-corrected chi connectivity index (χ3v) is 1.67. The van der Waals surface area contributed by atoms with E-state index in [0.717, 1.165) is 0 Å². The summed E-state index contributed by atoms with van der Waals surface area (Å²) in [7, 11) is 0. The number of hydrogen-bond acceptors (Lipinski definition) is 2. The van der Waals surface area contributed by atoms with Crippen LogP contribution in [0.3, 0.4) is 0 Å². The first-order valence-corrected chi connectivity index (χ1v) is 4.20. The van der Waals surface area contributed by atoms with Crippen molar-refractivity contribution in [3.8, 4) is 0 Å². The van der Waals surface area contributed by atoms with Gasteiger partial charge < -0.3 is 14.4 Å². The highest BCUT2D eigenvalue weighted by Gasteiger charge is 2.13. The van der Waals surface area contributed by atoms with Crippen molar-refractivity contribution in [3.05, 3.63) is 24.5 Å². The van der Waals surface area contributed by atoms with Crippen LogP contribution in [0.4, 0.5) is 0 Å². The van der Waals surface area contributed by atoms with E-state index in [1.54, 1.807) is 17.0 Å². The molecule has 1 atom stereocenters. The standard InChI is InChI=1S/C9H13NO3/c1-2-13-8(7-9(11)12)10-5-3-4-6-10/h3-6,8H,2,7H2,1H3,(H,11,12). The van der Waals surface area contributed by atoms with E-state index in [4.69, 9.17) is 9.84 Å². The van der Waals surface area contributed by atoms with Crippen LogP contribution in [0.2, 0.25) is 0 Å². The van der Waals surface area contributed by atoms with Crippen molar-refractivity contribution in [1.29, 1.82) is 0 Å². The van der Waals surface area contributed by atoms with Gasteiger partial charge in [0.2, 0.25) is 0 Å². The highest BCUT2D eigenvalue weighted by molar-refractivity contribution is 5.67. The fourth-order valence-electron chi connectivity index (χ4n) is 1.13. The first-order valence-electron chi connectivity index (χ1n) is 4.20. The number of nitrogens with zero attached hydrogens (tertiary/aromatic N) is 1. The second-order valence-corrected chi connectivity index (χ2v) is 2.64. The Balaban J connectivity index is 2.62. The molecule has 0 saturated heterocycles. The third-order valence-electron chi connectivity index (χ3n) is 1.67. The van der Waals surface area contributed by atoms with Gasteiger partial charge in [-0.15, -0.1) is 0 Å². The SMILES string of the molecule is CCOC(CC(=O)O)n1cccc1. The van der Waals surface area contributed by atoms with Gasteiger partial charge in [-0.3, -0.25) is 4.79 Å². The minimum Gasteiger partial charge on any atom is -0.481 e. The van der Waals surface area contributed by atoms with Crippen LogP contribution >= 0.6 is 0 Å². The van der Waals surface area contributed by atoms with Crippen molar-refractivity contribution >= 4 is 5.97 Å². The lowest BCUT2D eigenvalue weighted by molar-refractivity contribution is -0.142. The maximum absolute atomic E-state index is 10.5. The monoisotopic (exact) mass is 183 g/mol. The van der Waals surface area contributed by atoms with E-state index in [2.05, 4.69) is 0 Å². The molecule has 1 N–H and O–H groups in total. The molecule has 1 unspecified atom stereocenters. The van der Waals surface area contributed by atoms with E-state index in [0.29, 0.717) is 6.61 Å². The van der Waals surface area contributed by atoms with Gasteiger partial charge in [0, 0.05) is 19.0 Å². The Labute approximate surface area is 76.7 Å². The molecule has 0 aromatic carbocycles. The molecule has 72 valence electrons. The number of ether oxygens (including phenoxy) is 1. The summed E-state index contributed by atoms with van der Waals surface area (Å²) in [5.74, 6) is -0.854. The molecule has 0 fully saturated rings. The van der Waals surface area contributed by atoms with Gasteiger partial charge in [-0.25, -0.2) is 0 Å². The Morgan fingerprint density at radius 2 is 2.15 bits per heavy atom. The Kier molecular flexibility index (Phi) is 3.52. The summed E-state index contributed by atoms with van der Waals surface area (Å²) < 4.78 is 7.03. The zero-order chi connectivity index (χ0) is 9.68. The maximum Gasteiger partial charge on any atom is 0.307 e. The molecule has 0 aliphatic heterocycles. The number of aromatic nitrogens is 1. The van der Waals surface area contributed by atoms with E-state index in [9.17, 15) is 4.79 Å². The molecule has 1 aromatic rings. The lowest BCUT2D eigenvalue weighted by Gasteiger charge is -2.16. The predicted molar refractivity (Wildman–Crippen MR) is 47.3 cm³/mol. The predicted octanol–water partition coefficient (Wildman–Crippen LogP) is 1.50. The maximum atomic E-state index is 10.5. The summed E-state index contributed by atoms with van der Waals surface area (Å²) >= 11 is 0. The highest BCUT2D eigenvalue weighted by atomic mass is 16.5. The number of carboxylic acid groups (broad SMARTS) is 1. The Morgan fingerprint density at radius 1 is 1.54 bits per heavy atom. The van der Waals surface area contributed by atoms with Gasteiger partial charge in [-0.2, -0.15) is 0 Å². The topological polar surface area (TPSA) is 51.5 Å². The van der Waals surface area contributed by atoms with Crippen molar-refractivity contribution in [3.63, 3.8) is 0 Å². The molecule has 0 radical (unpaired) electrons. The Hall–Kier alpha value is -1.29. The van der Waals surface area contributed by atoms with E-state index < -0.39 is 12.2 Å². The first-order chi connectivity index (χ1) is 6.24. The van der Waals surface area contributed by atoms with Gasteiger partial charge in [-0.05, 0) is 19.1 Å². The molecule has 1 heterocycles. The molecule has 0 saturated carbocycles. The van der Waals surface area contributed by atoms with Gasteiger partial charge in [-0.1, -0.05) is 0 Å². The summed E-state index contributed by atoms with van der Waals surface area (Å²) in [5.41, 5.74) is 0. The smallest absolute Gasteiger partial charge is 0.307 e. The van der Waals surface area contributed by atoms with Crippen LogP contribution in [0.25, 0.3) is 0 Å². The van der Waals surface area contributed by atoms with E-state index in [1.807, 2.05) is 19.1 Å². The van der Waals surface area contributed by atoms with E-state index >= 15 is 0 Å². The van der Waals surface area contributed by atoms with Crippen molar-refractivity contribution < 1.29 is 14.6 Å². The van der Waals surface area contributed by atoms with Crippen molar-refractivity contribution in [2.45, 2.75) is 19.6 Å². The van der Waals surface area contributed by atoms with Crippen molar-refractivity contribution in [2.75, 3.05) is 6.61 Å². The summed E-state index contributed by atoms with van der Waals surface area (Å²) in [5, 5.41) is 8.62. The Morgan fingerprint density at radius 3 is 2.62 bits per heavy atom. The zero-order valence-electron chi connectivity index (χ0n) is 7.51. The van der Waals surface area contributed by atoms with Crippen LogP contribution in [-0.2, 0) is 9.53 Å². The largest absolute Gasteiger partial charge is 0.481 e. The summed E-state index contributed by atoms with van der Waals surface area (Å²) in [6.07, 6.45) is 3.19. The number of rotatable bonds is 5. The zero-order valence-corrected chi connectivity index (χ0v) is 7.51. The third kappa shape index (κ3) is 2.91. The van der Waals surface area contributed by atoms with Gasteiger partial charge in [0.1, 0.15) is 6.23 Å². The van der Waals surface area contributed by atoms with Crippen LogP contribution in [0.1, 0.15) is 19.6 Å². The molecule has 4 heteroatoms. The molecule has 1 aromatic heterocycles. The molecule has 0 aliphatic rings.